The van der Waals surface area contributed by atoms with Crippen molar-refractivity contribution in [1.82, 2.24) is 0 Å². The number of methoxy groups -OCH3 is 1. The summed E-state index contributed by atoms with van der Waals surface area (Å²) in [6.07, 6.45) is -35.4. The first kappa shape index (κ1) is 39.8. The predicted octanol–water partition coefficient (Wildman–Crippen LogP) is -9.96. The smallest absolute Gasteiger partial charge is 0.187 e. The van der Waals surface area contributed by atoms with Crippen LogP contribution in [-0.4, -0.2) is 225 Å². The third-order valence-corrected chi connectivity index (χ3v) is 9.02. The van der Waals surface area contributed by atoms with Crippen LogP contribution in [0.2, 0.25) is 0 Å². The Kier molecular flexibility index (Phi) is 13.3. The molecule has 0 radical (unpaired) electrons. The number of carbonyl (C=O) groups is 1. The van der Waals surface area contributed by atoms with E-state index in [0.29, 0.717) is 0 Å². The number of hydrogen-bond acceptors (Lipinski definition) is 23. The molecule has 0 saturated carbocycles. The van der Waals surface area contributed by atoms with E-state index in [1.807, 2.05) is 0 Å². The highest BCUT2D eigenvalue weighted by molar-refractivity contribution is 5.71. The summed E-state index contributed by atoms with van der Waals surface area (Å²) in [7, 11) is 1.06. The summed E-state index contributed by atoms with van der Waals surface area (Å²) in [6, 6.07) is 0. The van der Waals surface area contributed by atoms with E-state index in [-0.39, 0.29) is 6.61 Å². The number of ether oxygens (including phenoxy) is 10. The first-order valence-electron chi connectivity index (χ1n) is 15.6. The zero-order valence-electron chi connectivity index (χ0n) is 26.3. The Balaban J connectivity index is 1.17. The number of carbonyl (C=O) groups excluding carboxylic acids is 1. The fourth-order valence-corrected chi connectivity index (χ4v) is 6.02. The molecule has 11 N–H and O–H groups in total. The van der Waals surface area contributed by atoms with Crippen LogP contribution in [0.3, 0.4) is 0 Å². The largest absolute Gasteiger partial charge is 0.547 e. The first-order valence-corrected chi connectivity index (χ1v) is 15.6. The first-order chi connectivity index (χ1) is 23.6. The van der Waals surface area contributed by atoms with Gasteiger partial charge in [-0.2, -0.15) is 0 Å². The van der Waals surface area contributed by atoms with E-state index in [9.17, 15) is 66.1 Å². The summed E-state index contributed by atoms with van der Waals surface area (Å²) < 4.78 is 53.5. The molecule has 0 amide bonds. The van der Waals surface area contributed by atoms with Crippen molar-refractivity contribution in [2.45, 2.75) is 129 Å². The van der Waals surface area contributed by atoms with Crippen molar-refractivity contribution in [2.24, 2.45) is 0 Å². The standard InChI is InChI=1S/C27H44O23/c1-41-19-14(33)18(37)26(50-21(19)22(38)39)49-20-10(29)6(28)2-43-27(20)48-9-5-45-25(17(36)13(9)32)47-8-4-44-24(16(35)12(8)31)46-7-3-42-23(40)15(34)11(7)30/h6-21,23-37,40H,2-5H2,1H3,(H,38,39)/p-1/t6-,7-,8-,9-,10+,11+,12+,13+,14-,15-,16-,17-,18-,19+,20-,21+,23-,24+,25+,26+,27+/m1/s1. The summed E-state index contributed by atoms with van der Waals surface area (Å²) in [6.45, 7) is -1.87. The highest BCUT2D eigenvalue weighted by Gasteiger charge is 2.52. The second-order valence-corrected chi connectivity index (χ2v) is 12.4. The molecule has 5 heterocycles. The van der Waals surface area contributed by atoms with Crippen LogP contribution in [0.15, 0.2) is 0 Å². The van der Waals surface area contributed by atoms with Crippen molar-refractivity contribution in [2.75, 3.05) is 33.5 Å². The molecule has 0 aromatic rings. The summed E-state index contributed by atoms with van der Waals surface area (Å²) in [5, 5.41) is 126. The molecule has 0 spiro atoms. The third-order valence-electron chi connectivity index (χ3n) is 9.02. The van der Waals surface area contributed by atoms with Crippen LogP contribution < -0.4 is 5.11 Å². The van der Waals surface area contributed by atoms with Gasteiger partial charge in [0.05, 0.1) is 32.4 Å². The molecule has 290 valence electrons. The van der Waals surface area contributed by atoms with Crippen LogP contribution in [0.5, 0.6) is 0 Å². The van der Waals surface area contributed by atoms with Crippen molar-refractivity contribution in [3.63, 3.8) is 0 Å². The maximum absolute atomic E-state index is 11.6. The maximum atomic E-state index is 11.6. The number of aliphatic hydroxyl groups is 11. The lowest BCUT2D eigenvalue weighted by Gasteiger charge is -2.47. The number of carboxylic acid groups (broad SMARTS) is 1. The van der Waals surface area contributed by atoms with E-state index >= 15 is 0 Å². The number of hydrogen-bond donors (Lipinski definition) is 11. The lowest BCUT2D eigenvalue weighted by Crippen LogP contribution is -2.66. The van der Waals surface area contributed by atoms with Gasteiger partial charge in [0.15, 0.2) is 31.5 Å². The molecule has 5 aliphatic rings. The van der Waals surface area contributed by atoms with Crippen molar-refractivity contribution < 1.29 is 113 Å². The van der Waals surface area contributed by atoms with Crippen molar-refractivity contribution in [3.05, 3.63) is 0 Å². The van der Waals surface area contributed by atoms with Gasteiger partial charge >= 0.3 is 0 Å². The molecule has 23 nitrogen and oxygen atoms in total. The Morgan fingerprint density at radius 3 is 1.50 bits per heavy atom. The summed E-state index contributed by atoms with van der Waals surface area (Å²) in [4.78, 5) is 11.6. The van der Waals surface area contributed by atoms with E-state index in [4.69, 9.17) is 47.4 Å². The fraction of sp³-hybridized carbons (Fsp3) is 0.963. The Bertz CT molecular complexity index is 1100. The molecule has 0 bridgehead atoms. The average Bonchev–Trinajstić information content (AvgIpc) is 3.08. The van der Waals surface area contributed by atoms with Gasteiger partial charge in [-0.15, -0.1) is 0 Å². The van der Waals surface area contributed by atoms with Crippen LogP contribution in [0.25, 0.3) is 0 Å². The molecule has 5 fully saturated rings. The Morgan fingerprint density at radius 2 is 0.980 bits per heavy atom. The Labute approximate surface area is 282 Å². The minimum atomic E-state index is -1.94. The van der Waals surface area contributed by atoms with Gasteiger partial charge in [-0.25, -0.2) is 0 Å². The Morgan fingerprint density at radius 1 is 0.520 bits per heavy atom. The van der Waals surface area contributed by atoms with Gasteiger partial charge in [-0.05, 0) is 0 Å². The zero-order chi connectivity index (χ0) is 36.6. The molecular formula is C27H43O23-. The lowest BCUT2D eigenvalue weighted by atomic mass is 9.98. The topological polar surface area (TPSA) is 355 Å². The molecule has 0 aliphatic carbocycles. The minimum absolute atomic E-state index is 0.374. The molecule has 50 heavy (non-hydrogen) atoms. The van der Waals surface area contributed by atoms with Crippen molar-refractivity contribution >= 4 is 5.97 Å². The quantitative estimate of drug-likeness (QED) is 0.0992. The maximum Gasteiger partial charge on any atom is 0.187 e. The van der Waals surface area contributed by atoms with Gasteiger partial charge in [0.1, 0.15) is 97.7 Å². The monoisotopic (exact) mass is 735 g/mol. The molecular weight excluding hydrogens is 692 g/mol. The Hall–Kier alpha value is -1.37. The van der Waals surface area contributed by atoms with Crippen LogP contribution in [0.4, 0.5) is 0 Å². The summed E-state index contributed by atoms with van der Waals surface area (Å²) in [5.41, 5.74) is 0. The van der Waals surface area contributed by atoms with E-state index < -0.39 is 155 Å². The highest BCUT2D eigenvalue weighted by Crippen LogP contribution is 2.32. The zero-order valence-corrected chi connectivity index (χ0v) is 26.3. The van der Waals surface area contributed by atoms with E-state index in [2.05, 4.69) is 0 Å². The van der Waals surface area contributed by atoms with Gasteiger partial charge in [0.2, 0.25) is 0 Å². The number of rotatable bonds is 10. The third kappa shape index (κ3) is 8.23. The molecule has 5 saturated heterocycles. The number of carboxylic acids is 1. The van der Waals surface area contributed by atoms with Gasteiger partial charge in [0.25, 0.3) is 0 Å². The fourth-order valence-electron chi connectivity index (χ4n) is 6.02. The summed E-state index contributed by atoms with van der Waals surface area (Å²) >= 11 is 0. The molecule has 23 heteroatoms. The molecule has 0 aromatic heterocycles. The molecule has 5 rings (SSSR count). The second-order valence-electron chi connectivity index (χ2n) is 12.4. The lowest BCUT2D eigenvalue weighted by molar-refractivity contribution is -0.383. The van der Waals surface area contributed by atoms with E-state index in [1.165, 1.54) is 0 Å². The van der Waals surface area contributed by atoms with Crippen molar-refractivity contribution in [3.8, 4) is 0 Å². The average molecular weight is 736 g/mol. The van der Waals surface area contributed by atoms with Gasteiger partial charge < -0.3 is 113 Å². The van der Waals surface area contributed by atoms with Crippen LogP contribution in [0, 0.1) is 0 Å². The second kappa shape index (κ2) is 16.8. The van der Waals surface area contributed by atoms with Crippen molar-refractivity contribution in [1.29, 1.82) is 0 Å². The SMILES string of the molecule is CO[C@H]1[C@H](O)[C@@H](O)[C@@H](O[C@H]2[C@H](O[C@@H]3CO[C@@H](O[C@@H]4CO[C@@H](O[C@@H]5CO[C@@H](O)[C@H](O)[C@H]5O)[C@H](O)[C@H]4O)[C@H](O)[C@H]3O)OC[C@@H](O)[C@@H]2O)O[C@@H]1C(=O)[O-]. The van der Waals surface area contributed by atoms with Crippen LogP contribution in [-0.2, 0) is 52.2 Å². The van der Waals surface area contributed by atoms with Gasteiger partial charge in [-0.1, -0.05) is 0 Å². The molecule has 0 unspecified atom stereocenters. The minimum Gasteiger partial charge on any atom is -0.547 e. The van der Waals surface area contributed by atoms with E-state index in [0.717, 1.165) is 7.11 Å². The number of aliphatic hydroxyl groups excluding tert-OH is 11. The van der Waals surface area contributed by atoms with Gasteiger partial charge in [0, 0.05) is 7.11 Å². The molecule has 5 aliphatic heterocycles. The van der Waals surface area contributed by atoms with Crippen LogP contribution >= 0.6 is 0 Å². The molecule has 21 atom stereocenters. The number of aliphatic carboxylic acids is 1. The highest BCUT2D eigenvalue weighted by atomic mass is 16.8. The normalized spacial score (nSPS) is 52.0. The van der Waals surface area contributed by atoms with Gasteiger partial charge in [-0.3, -0.25) is 0 Å². The van der Waals surface area contributed by atoms with E-state index in [1.54, 1.807) is 0 Å². The summed E-state index contributed by atoms with van der Waals surface area (Å²) in [5.74, 6) is -1.82. The van der Waals surface area contributed by atoms with Crippen LogP contribution in [0.1, 0.15) is 0 Å². The predicted molar refractivity (Wildman–Crippen MR) is 145 cm³/mol. The molecule has 0 aromatic carbocycles.